The predicted molar refractivity (Wildman–Crippen MR) is 117 cm³/mol. The summed E-state index contributed by atoms with van der Waals surface area (Å²) >= 11 is 0. The Balaban J connectivity index is 1.35. The van der Waals surface area contributed by atoms with Gasteiger partial charge in [0.15, 0.2) is 0 Å². The number of rotatable bonds is 4. The summed E-state index contributed by atoms with van der Waals surface area (Å²) in [7, 11) is 0. The van der Waals surface area contributed by atoms with Crippen molar-refractivity contribution in [3.8, 4) is 11.1 Å². The van der Waals surface area contributed by atoms with E-state index in [2.05, 4.69) is 29.2 Å². The molecule has 1 aromatic heterocycles. The van der Waals surface area contributed by atoms with Crippen molar-refractivity contribution in [3.05, 3.63) is 54.4 Å². The lowest BCUT2D eigenvalue weighted by molar-refractivity contribution is -0.168. The number of aliphatic hydroxyl groups is 1. The molecular formula is C25H29N3O3. The van der Waals surface area contributed by atoms with E-state index in [0.29, 0.717) is 6.54 Å². The number of piperazine rings is 1. The van der Waals surface area contributed by atoms with Gasteiger partial charge in [-0.3, -0.25) is 14.6 Å². The van der Waals surface area contributed by atoms with Gasteiger partial charge in [-0.1, -0.05) is 49.6 Å². The predicted octanol–water partition coefficient (Wildman–Crippen LogP) is 2.83. The third-order valence-corrected chi connectivity index (χ3v) is 7.31. The molecule has 1 saturated carbocycles. The number of hydrogen-bond acceptors (Lipinski definition) is 4. The third-order valence-electron chi connectivity index (χ3n) is 7.31. The highest BCUT2D eigenvalue weighted by Crippen LogP contribution is 2.43. The van der Waals surface area contributed by atoms with Crippen molar-refractivity contribution in [2.24, 2.45) is 5.92 Å². The second-order valence-electron chi connectivity index (χ2n) is 9.06. The molecule has 1 aromatic carbocycles. The summed E-state index contributed by atoms with van der Waals surface area (Å²) in [6, 6.07) is 12.0. The fourth-order valence-electron chi connectivity index (χ4n) is 5.71. The van der Waals surface area contributed by atoms with Gasteiger partial charge in [-0.05, 0) is 35.6 Å². The highest BCUT2D eigenvalue weighted by molar-refractivity contribution is 5.88. The topological polar surface area (TPSA) is 73.7 Å². The lowest BCUT2D eigenvalue weighted by Crippen LogP contribution is -2.73. The molecule has 3 atom stereocenters. The molecule has 6 heteroatoms. The van der Waals surface area contributed by atoms with Gasteiger partial charge < -0.3 is 14.9 Å². The maximum atomic E-state index is 13.1. The van der Waals surface area contributed by atoms with Gasteiger partial charge in [-0.2, -0.15) is 0 Å². The van der Waals surface area contributed by atoms with Crippen molar-refractivity contribution in [2.45, 2.75) is 50.1 Å². The van der Waals surface area contributed by atoms with Crippen LogP contribution in [0.15, 0.2) is 48.8 Å². The Bertz CT molecular complexity index is 940. The second kappa shape index (κ2) is 8.42. The number of aromatic nitrogens is 1. The second-order valence-corrected chi connectivity index (χ2v) is 9.06. The van der Waals surface area contributed by atoms with Gasteiger partial charge in [-0.15, -0.1) is 0 Å². The first kappa shape index (κ1) is 20.2. The molecule has 0 unspecified atom stereocenters. The number of aliphatic hydroxyl groups excluding tert-OH is 1. The number of pyridine rings is 1. The van der Waals surface area contributed by atoms with E-state index in [9.17, 15) is 14.7 Å². The van der Waals surface area contributed by atoms with Gasteiger partial charge in [0.25, 0.3) is 0 Å². The van der Waals surface area contributed by atoms with Gasteiger partial charge in [0.2, 0.25) is 11.8 Å². The fourth-order valence-corrected chi connectivity index (χ4v) is 5.71. The van der Waals surface area contributed by atoms with E-state index < -0.39 is 0 Å². The Hall–Kier alpha value is -2.73. The van der Waals surface area contributed by atoms with Crippen LogP contribution in [0.4, 0.5) is 0 Å². The molecule has 5 rings (SSSR count). The van der Waals surface area contributed by atoms with Gasteiger partial charge in [-0.25, -0.2) is 0 Å². The van der Waals surface area contributed by atoms with E-state index in [1.54, 1.807) is 11.1 Å². The van der Waals surface area contributed by atoms with Gasteiger partial charge in [0, 0.05) is 30.8 Å². The molecule has 0 spiro atoms. The van der Waals surface area contributed by atoms with Crippen LogP contribution in [0.5, 0.6) is 0 Å². The number of amides is 2. The molecule has 3 aliphatic rings. The third kappa shape index (κ3) is 3.63. The van der Waals surface area contributed by atoms with Crippen molar-refractivity contribution >= 4 is 11.8 Å². The number of benzene rings is 1. The molecule has 2 amide bonds. The first-order valence-electron chi connectivity index (χ1n) is 11.4. The smallest absolute Gasteiger partial charge is 0.242 e. The van der Waals surface area contributed by atoms with Crippen LogP contribution >= 0.6 is 0 Å². The van der Waals surface area contributed by atoms with Crippen molar-refractivity contribution in [1.82, 2.24) is 14.8 Å². The lowest BCUT2D eigenvalue weighted by Gasteiger charge is -2.59. The summed E-state index contributed by atoms with van der Waals surface area (Å²) < 4.78 is 0. The summed E-state index contributed by atoms with van der Waals surface area (Å²) in [5.41, 5.74) is 3.25. The fraction of sp³-hybridized carbons (Fsp3) is 0.480. The van der Waals surface area contributed by atoms with E-state index in [0.717, 1.165) is 42.4 Å². The zero-order valence-corrected chi connectivity index (χ0v) is 17.7. The summed E-state index contributed by atoms with van der Waals surface area (Å²) in [6.07, 6.45) is 8.89. The van der Waals surface area contributed by atoms with Crippen LogP contribution < -0.4 is 0 Å². The van der Waals surface area contributed by atoms with Crippen LogP contribution in [0, 0.1) is 5.92 Å². The molecule has 3 fully saturated rings. The molecule has 3 heterocycles. The van der Waals surface area contributed by atoms with Crippen LogP contribution in [-0.2, 0) is 9.59 Å². The van der Waals surface area contributed by atoms with Crippen molar-refractivity contribution in [2.75, 3.05) is 19.7 Å². The van der Waals surface area contributed by atoms with Crippen LogP contribution in [0.25, 0.3) is 11.1 Å². The zero-order chi connectivity index (χ0) is 21.4. The zero-order valence-electron chi connectivity index (χ0n) is 17.7. The first-order chi connectivity index (χ1) is 15.2. The molecule has 1 N–H and O–H groups in total. The van der Waals surface area contributed by atoms with Gasteiger partial charge >= 0.3 is 0 Å². The number of fused-ring (bicyclic) bond motifs is 1. The molecule has 162 valence electrons. The standard InChI is InChI=1S/C25H29N3O3/c29-16-22-24(18-10-8-17(9-11-18)20-7-4-12-26-13-20)21-14-27(15-23(30)28(21)22)25(31)19-5-2-1-3-6-19/h4,7-13,19,21-22,24,29H,1-3,5-6,14-16H2/t21-,22-,24-/m1/s1. The monoisotopic (exact) mass is 419 g/mol. The molecule has 0 radical (unpaired) electrons. The number of nitrogens with zero attached hydrogens (tertiary/aromatic N) is 3. The Kier molecular flexibility index (Phi) is 5.48. The minimum atomic E-state index is -0.214. The van der Waals surface area contributed by atoms with Crippen LogP contribution in [0.2, 0.25) is 0 Å². The highest BCUT2D eigenvalue weighted by atomic mass is 16.3. The SMILES string of the molecule is O=C(C1CCCCC1)N1CC(=O)N2[C@H](CO)[C@H](c3ccc(-c4cccnc4)cc3)[C@H]2C1. The van der Waals surface area contributed by atoms with Gasteiger partial charge in [0.1, 0.15) is 0 Å². The quantitative estimate of drug-likeness (QED) is 0.827. The maximum Gasteiger partial charge on any atom is 0.242 e. The molecule has 2 aromatic rings. The molecule has 31 heavy (non-hydrogen) atoms. The van der Waals surface area contributed by atoms with E-state index in [-0.39, 0.29) is 48.9 Å². The highest BCUT2D eigenvalue weighted by Gasteiger charge is 2.54. The maximum absolute atomic E-state index is 13.1. The molecular weight excluding hydrogens is 390 g/mol. The minimum absolute atomic E-state index is 0.0392. The van der Waals surface area contributed by atoms with Crippen molar-refractivity contribution < 1.29 is 14.7 Å². The molecule has 6 nitrogen and oxygen atoms in total. The Morgan fingerprint density at radius 1 is 1.06 bits per heavy atom. The number of carbonyl (C=O) groups is 2. The van der Waals surface area contributed by atoms with Crippen molar-refractivity contribution in [1.29, 1.82) is 0 Å². The van der Waals surface area contributed by atoms with E-state index in [1.807, 2.05) is 23.2 Å². The largest absolute Gasteiger partial charge is 0.394 e. The molecule has 1 aliphatic carbocycles. The van der Waals surface area contributed by atoms with Crippen LogP contribution in [-0.4, -0.2) is 63.5 Å². The first-order valence-corrected chi connectivity index (χ1v) is 11.4. The normalized spacial score (nSPS) is 26.4. The lowest BCUT2D eigenvalue weighted by atomic mass is 9.73. The minimum Gasteiger partial charge on any atom is -0.394 e. The van der Waals surface area contributed by atoms with E-state index >= 15 is 0 Å². The molecule has 2 aliphatic heterocycles. The number of hydrogen-bond donors (Lipinski definition) is 1. The summed E-state index contributed by atoms with van der Waals surface area (Å²) in [5, 5.41) is 10.0. The average molecular weight is 420 g/mol. The van der Waals surface area contributed by atoms with Gasteiger partial charge in [0.05, 0.1) is 25.2 Å². The Labute approximate surface area is 182 Å². The summed E-state index contributed by atoms with van der Waals surface area (Å²) in [5.74, 6) is 0.214. The van der Waals surface area contributed by atoms with E-state index in [4.69, 9.17) is 0 Å². The Morgan fingerprint density at radius 2 is 1.84 bits per heavy atom. The average Bonchev–Trinajstić information content (AvgIpc) is 2.81. The summed E-state index contributed by atoms with van der Waals surface area (Å²) in [4.78, 5) is 33.7. The summed E-state index contributed by atoms with van der Waals surface area (Å²) in [6.45, 7) is 0.648. The van der Waals surface area contributed by atoms with E-state index in [1.165, 1.54) is 6.42 Å². The molecule has 2 saturated heterocycles. The number of carbonyl (C=O) groups excluding carboxylic acids is 2. The Morgan fingerprint density at radius 3 is 2.52 bits per heavy atom. The van der Waals surface area contributed by atoms with Crippen LogP contribution in [0.1, 0.15) is 43.6 Å². The van der Waals surface area contributed by atoms with Crippen molar-refractivity contribution in [3.63, 3.8) is 0 Å². The molecule has 0 bridgehead atoms. The van der Waals surface area contributed by atoms with Crippen LogP contribution in [0.3, 0.4) is 0 Å².